The van der Waals surface area contributed by atoms with E-state index in [4.69, 9.17) is 4.74 Å². The van der Waals surface area contributed by atoms with E-state index in [1.165, 1.54) is 18.9 Å². The van der Waals surface area contributed by atoms with Crippen LogP contribution in [-0.4, -0.2) is 46.2 Å². The molecule has 0 aliphatic heterocycles. The van der Waals surface area contributed by atoms with Crippen molar-refractivity contribution >= 4 is 11.5 Å². The van der Waals surface area contributed by atoms with Crippen molar-refractivity contribution in [3.8, 4) is 0 Å². The van der Waals surface area contributed by atoms with Gasteiger partial charge in [-0.05, 0) is 160 Å². The highest BCUT2D eigenvalue weighted by Crippen LogP contribution is 2.37. The molecule has 2 rings (SSSR count). The van der Waals surface area contributed by atoms with Crippen molar-refractivity contribution in [3.05, 3.63) is 153 Å². The molecule has 0 saturated heterocycles. The molecule has 4 N–H and O–H groups in total. The van der Waals surface area contributed by atoms with Gasteiger partial charge in [0.2, 0.25) is 0 Å². The van der Waals surface area contributed by atoms with Gasteiger partial charge in [0.25, 0.3) is 0 Å². The standard InChI is InChI=1S/C54H76O6/c1-10-14-22-44(39(5)6)27-26-41(8)60-54(59)51(13-4)53(49-29-28-45(50(37-49)38-58)23-15-20-40(7)18-11-2)42(9)47(30-33-56)35-43-21-16-25-52(48(36-43)31-34-57)46(19-12-3)24-17-32-55/h10,13-14,16,21,26-29,36-37,40,46,55-58H,4-5,11-12,15,17-20,22-24,30-35,38H2,1-3,6-9H3/b14-10-,41-26+,44-27+,47-42-,53-51-. The highest BCUT2D eigenvalue weighted by atomic mass is 16.5. The van der Waals surface area contributed by atoms with Crippen molar-refractivity contribution < 1.29 is 30.0 Å². The molecular weight excluding hydrogens is 745 g/mol. The fourth-order valence-electron chi connectivity index (χ4n) is 7.98. The van der Waals surface area contributed by atoms with Gasteiger partial charge in [0.05, 0.1) is 12.2 Å². The summed E-state index contributed by atoms with van der Waals surface area (Å²) in [6.45, 7) is 22.4. The minimum atomic E-state index is -0.560. The van der Waals surface area contributed by atoms with E-state index in [2.05, 4.69) is 57.9 Å². The fourth-order valence-corrected chi connectivity index (χ4v) is 7.98. The number of ether oxygens (including phenoxy) is 1. The van der Waals surface area contributed by atoms with Crippen LogP contribution >= 0.6 is 0 Å². The van der Waals surface area contributed by atoms with Crippen molar-refractivity contribution in [2.24, 2.45) is 11.8 Å². The Labute approximate surface area is 363 Å². The molecule has 0 saturated carbocycles. The summed E-state index contributed by atoms with van der Waals surface area (Å²) in [6.07, 6.45) is 26.3. The maximum atomic E-state index is 14.3. The second-order valence-electron chi connectivity index (χ2n) is 16.2. The van der Waals surface area contributed by atoms with Crippen LogP contribution < -0.4 is 0 Å². The summed E-state index contributed by atoms with van der Waals surface area (Å²) in [6, 6.07) is 6.06. The Morgan fingerprint density at radius 3 is 2.28 bits per heavy atom. The van der Waals surface area contributed by atoms with Gasteiger partial charge in [0, 0.05) is 25.4 Å². The van der Waals surface area contributed by atoms with E-state index in [1.54, 1.807) is 13.0 Å². The maximum absolute atomic E-state index is 14.3. The summed E-state index contributed by atoms with van der Waals surface area (Å²) in [5.74, 6) is 0.717. The highest BCUT2D eigenvalue weighted by molar-refractivity contribution is 6.04. The van der Waals surface area contributed by atoms with Crippen LogP contribution in [0.15, 0.2) is 136 Å². The molecular formula is C54H76O6. The first kappa shape index (κ1) is 51.8. The van der Waals surface area contributed by atoms with Gasteiger partial charge in [-0.15, -0.1) is 5.73 Å². The SMILES string of the molecule is C=C/C(C(=O)O/C(C)=C/C=C(\C/C=C\C)C(=C)C)=C(\C(C)=C(\CCO)CC1=CC=C=C(C(CCC)CCCO)C(CCO)=C1)c1ccc(CCCC(C)CCC)c(CO)c1. The van der Waals surface area contributed by atoms with Crippen LogP contribution in [0.25, 0.3) is 5.57 Å². The smallest absolute Gasteiger partial charge is 0.343 e. The number of aryl methyl sites for hydroxylation is 1. The molecule has 1 aromatic rings. The molecule has 0 bridgehead atoms. The zero-order chi connectivity index (χ0) is 44.5. The zero-order valence-corrected chi connectivity index (χ0v) is 38.0. The first-order chi connectivity index (χ1) is 28.9. The van der Waals surface area contributed by atoms with Crippen LogP contribution in [0, 0.1) is 11.8 Å². The number of hydrogen-bond acceptors (Lipinski definition) is 6. The van der Waals surface area contributed by atoms with Gasteiger partial charge in [-0.25, -0.2) is 4.79 Å². The zero-order valence-electron chi connectivity index (χ0n) is 38.0. The van der Waals surface area contributed by atoms with E-state index in [9.17, 15) is 25.2 Å². The number of esters is 1. The molecule has 0 amide bonds. The molecule has 0 radical (unpaired) electrons. The van der Waals surface area contributed by atoms with E-state index in [0.29, 0.717) is 49.4 Å². The van der Waals surface area contributed by atoms with Crippen molar-refractivity contribution in [1.29, 1.82) is 0 Å². The number of rotatable bonds is 28. The highest BCUT2D eigenvalue weighted by Gasteiger charge is 2.23. The molecule has 60 heavy (non-hydrogen) atoms. The maximum Gasteiger partial charge on any atom is 0.343 e. The summed E-state index contributed by atoms with van der Waals surface area (Å²) in [7, 11) is 0. The average Bonchev–Trinajstić information content (AvgIpc) is 3.42. The lowest BCUT2D eigenvalue weighted by Crippen LogP contribution is -2.10. The van der Waals surface area contributed by atoms with Crippen molar-refractivity contribution in [3.63, 3.8) is 0 Å². The van der Waals surface area contributed by atoms with Gasteiger partial charge < -0.3 is 25.2 Å². The fraction of sp³-hybridized carbons (Fsp3) is 0.481. The molecule has 1 aromatic carbocycles. The Morgan fingerprint density at radius 1 is 0.917 bits per heavy atom. The predicted octanol–water partition coefficient (Wildman–Crippen LogP) is 12.4. The Hall–Kier alpha value is -4.29. The Morgan fingerprint density at radius 2 is 1.67 bits per heavy atom. The Bertz CT molecular complexity index is 1870. The van der Waals surface area contributed by atoms with Crippen LogP contribution in [0.2, 0.25) is 0 Å². The minimum Gasteiger partial charge on any atom is -0.428 e. The third kappa shape index (κ3) is 17.0. The first-order valence-corrected chi connectivity index (χ1v) is 22.3. The molecule has 2 atom stereocenters. The van der Waals surface area contributed by atoms with Gasteiger partial charge in [-0.1, -0.05) is 119 Å². The van der Waals surface area contributed by atoms with E-state index in [1.807, 2.05) is 57.2 Å². The number of carbonyl (C=O) groups is 1. The van der Waals surface area contributed by atoms with Crippen LogP contribution in [0.3, 0.4) is 0 Å². The molecule has 1 aliphatic rings. The molecule has 1 aliphatic carbocycles. The lowest BCUT2D eigenvalue weighted by molar-refractivity contribution is -0.134. The summed E-state index contributed by atoms with van der Waals surface area (Å²) >= 11 is 0. The molecule has 2 unspecified atom stereocenters. The van der Waals surface area contributed by atoms with Crippen molar-refractivity contribution in [2.75, 3.05) is 19.8 Å². The Balaban J connectivity index is 2.82. The summed E-state index contributed by atoms with van der Waals surface area (Å²) in [4.78, 5) is 14.3. The van der Waals surface area contributed by atoms with Crippen LogP contribution in [0.5, 0.6) is 0 Å². The third-order valence-corrected chi connectivity index (χ3v) is 11.3. The monoisotopic (exact) mass is 821 g/mol. The van der Waals surface area contributed by atoms with Crippen molar-refractivity contribution in [1.82, 2.24) is 0 Å². The average molecular weight is 821 g/mol. The normalized spacial score (nSPS) is 15.4. The molecule has 0 aromatic heterocycles. The predicted molar refractivity (Wildman–Crippen MR) is 252 cm³/mol. The second kappa shape index (κ2) is 29.0. The number of allylic oxidation sites excluding steroid dienone is 13. The summed E-state index contributed by atoms with van der Waals surface area (Å²) < 4.78 is 6.00. The lowest BCUT2D eigenvalue weighted by Gasteiger charge is -2.22. The van der Waals surface area contributed by atoms with Gasteiger partial charge in [0.1, 0.15) is 5.76 Å². The van der Waals surface area contributed by atoms with Gasteiger partial charge in [0.15, 0.2) is 0 Å². The van der Waals surface area contributed by atoms with Crippen LogP contribution in [0.1, 0.15) is 142 Å². The number of benzene rings is 1. The van der Waals surface area contributed by atoms with Crippen molar-refractivity contribution in [2.45, 2.75) is 139 Å². The summed E-state index contributed by atoms with van der Waals surface area (Å²) in [5.41, 5.74) is 13.9. The topological polar surface area (TPSA) is 107 Å². The molecule has 328 valence electrons. The van der Waals surface area contributed by atoms with Crippen LogP contribution in [-0.2, 0) is 22.6 Å². The molecule has 0 spiro atoms. The van der Waals surface area contributed by atoms with Crippen LogP contribution in [0.4, 0.5) is 0 Å². The molecule has 0 heterocycles. The molecule has 6 nitrogen and oxygen atoms in total. The van der Waals surface area contributed by atoms with E-state index in [0.717, 1.165) is 94.2 Å². The number of aliphatic hydroxyl groups is 4. The minimum absolute atomic E-state index is 0.00586. The number of hydrogen-bond donors (Lipinski definition) is 4. The van der Waals surface area contributed by atoms with E-state index in [-0.39, 0.29) is 37.9 Å². The third-order valence-electron chi connectivity index (χ3n) is 11.3. The molecule has 6 heteroatoms. The lowest BCUT2D eigenvalue weighted by atomic mass is 9.83. The number of carbonyl (C=O) groups excluding carboxylic acids is 1. The summed E-state index contributed by atoms with van der Waals surface area (Å²) in [5, 5.41) is 40.9. The molecule has 0 fully saturated rings. The first-order valence-electron chi connectivity index (χ1n) is 22.3. The van der Waals surface area contributed by atoms with Gasteiger partial charge in [-0.3, -0.25) is 0 Å². The van der Waals surface area contributed by atoms with E-state index >= 15 is 0 Å². The van der Waals surface area contributed by atoms with Gasteiger partial charge in [-0.2, -0.15) is 0 Å². The van der Waals surface area contributed by atoms with Gasteiger partial charge >= 0.3 is 5.97 Å². The quantitative estimate of drug-likeness (QED) is 0.0167. The largest absolute Gasteiger partial charge is 0.428 e. The second-order valence-corrected chi connectivity index (χ2v) is 16.2. The van der Waals surface area contributed by atoms with E-state index < -0.39 is 5.97 Å². The number of aliphatic hydroxyl groups excluding tert-OH is 4. The Kier molecular flexibility index (Phi) is 25.1.